The molecule has 120 valence electrons. The van der Waals surface area contributed by atoms with E-state index in [0.29, 0.717) is 17.6 Å². The Balaban J connectivity index is 2.12. The van der Waals surface area contributed by atoms with E-state index in [4.69, 9.17) is 9.47 Å². The molecule has 1 atom stereocenters. The number of hydrogen-bond acceptors (Lipinski definition) is 4. The molecule has 2 aromatic rings. The molecule has 0 radical (unpaired) electrons. The lowest BCUT2D eigenvalue weighted by atomic mass is 10.2. The Labute approximate surface area is 133 Å². The number of anilines is 1. The maximum atomic E-state index is 13.5. The third-order valence-electron chi connectivity index (χ3n) is 3.13. The number of para-hydroxylation sites is 1. The normalized spacial score (nSPS) is 11.4. The second-order valence-electron chi connectivity index (χ2n) is 4.76. The van der Waals surface area contributed by atoms with Crippen molar-refractivity contribution >= 4 is 17.9 Å². The Bertz CT molecular complexity index is 717. The molecule has 0 aromatic heterocycles. The number of carbonyl (C=O) groups is 2. The number of rotatable bonds is 6. The summed E-state index contributed by atoms with van der Waals surface area (Å²) in [6.07, 6.45) is -0.249. The molecular weight excluding hydrogens is 301 g/mol. The highest BCUT2D eigenvalue weighted by Gasteiger charge is 2.18. The molecule has 2 rings (SSSR count). The monoisotopic (exact) mass is 317 g/mol. The van der Waals surface area contributed by atoms with Gasteiger partial charge in [0.1, 0.15) is 12.1 Å². The lowest BCUT2D eigenvalue weighted by Gasteiger charge is -2.17. The van der Waals surface area contributed by atoms with Crippen molar-refractivity contribution < 1.29 is 23.5 Å². The van der Waals surface area contributed by atoms with Crippen LogP contribution >= 0.6 is 0 Å². The molecule has 1 amide bonds. The first-order valence-corrected chi connectivity index (χ1v) is 6.90. The molecule has 23 heavy (non-hydrogen) atoms. The molecule has 0 bridgehead atoms. The Morgan fingerprint density at radius 3 is 2.61 bits per heavy atom. The van der Waals surface area contributed by atoms with Crippen molar-refractivity contribution in [2.75, 3.05) is 12.4 Å². The third kappa shape index (κ3) is 4.06. The van der Waals surface area contributed by atoms with Crippen LogP contribution in [0.3, 0.4) is 0 Å². The van der Waals surface area contributed by atoms with E-state index in [9.17, 15) is 14.0 Å². The fourth-order valence-corrected chi connectivity index (χ4v) is 1.90. The highest BCUT2D eigenvalue weighted by molar-refractivity contribution is 5.94. The number of halogens is 1. The zero-order valence-electron chi connectivity index (χ0n) is 12.7. The van der Waals surface area contributed by atoms with Crippen LogP contribution in [0.25, 0.3) is 0 Å². The number of methoxy groups -OCH3 is 1. The maximum absolute atomic E-state index is 13.5. The van der Waals surface area contributed by atoms with Crippen LogP contribution in [0.2, 0.25) is 0 Å². The second kappa shape index (κ2) is 7.40. The molecule has 0 spiro atoms. The first-order valence-electron chi connectivity index (χ1n) is 6.90. The molecule has 0 aliphatic heterocycles. The molecule has 0 aliphatic rings. The highest BCUT2D eigenvalue weighted by Crippen LogP contribution is 2.28. The van der Waals surface area contributed by atoms with Gasteiger partial charge in [0, 0.05) is 5.56 Å². The summed E-state index contributed by atoms with van der Waals surface area (Å²) in [6.45, 7) is 1.52. The molecule has 0 saturated carbocycles. The summed E-state index contributed by atoms with van der Waals surface area (Å²) in [4.78, 5) is 22.9. The topological polar surface area (TPSA) is 64.6 Å². The molecule has 0 unspecified atom stereocenters. The summed E-state index contributed by atoms with van der Waals surface area (Å²) in [5.74, 6) is -0.406. The Morgan fingerprint density at radius 2 is 1.96 bits per heavy atom. The average molecular weight is 317 g/mol. The SMILES string of the molecule is COc1ccc(C=O)cc1O[C@H](C)C(=O)Nc1ccccc1F. The first-order chi connectivity index (χ1) is 11.0. The average Bonchev–Trinajstić information content (AvgIpc) is 2.56. The summed E-state index contributed by atoms with van der Waals surface area (Å²) < 4.78 is 24.2. The van der Waals surface area contributed by atoms with Crippen molar-refractivity contribution in [3.05, 3.63) is 53.8 Å². The van der Waals surface area contributed by atoms with Gasteiger partial charge in [-0.25, -0.2) is 4.39 Å². The van der Waals surface area contributed by atoms with Crippen LogP contribution in [0.4, 0.5) is 10.1 Å². The van der Waals surface area contributed by atoms with Crippen LogP contribution in [0.1, 0.15) is 17.3 Å². The van der Waals surface area contributed by atoms with Gasteiger partial charge in [0.25, 0.3) is 5.91 Å². The maximum Gasteiger partial charge on any atom is 0.265 e. The van der Waals surface area contributed by atoms with Gasteiger partial charge in [-0.3, -0.25) is 9.59 Å². The van der Waals surface area contributed by atoms with Gasteiger partial charge in [-0.1, -0.05) is 12.1 Å². The number of nitrogens with one attached hydrogen (secondary N) is 1. The van der Waals surface area contributed by atoms with Crippen molar-refractivity contribution in [2.24, 2.45) is 0 Å². The number of benzene rings is 2. The lowest BCUT2D eigenvalue weighted by molar-refractivity contribution is -0.122. The van der Waals surface area contributed by atoms with Gasteiger partial charge in [0.2, 0.25) is 0 Å². The Morgan fingerprint density at radius 1 is 1.22 bits per heavy atom. The smallest absolute Gasteiger partial charge is 0.265 e. The largest absolute Gasteiger partial charge is 0.493 e. The molecule has 0 saturated heterocycles. The van der Waals surface area contributed by atoms with E-state index in [1.165, 1.54) is 38.3 Å². The predicted octanol–water partition coefficient (Wildman–Crippen LogP) is 3.05. The predicted molar refractivity (Wildman–Crippen MR) is 83.5 cm³/mol. The van der Waals surface area contributed by atoms with E-state index in [1.807, 2.05) is 0 Å². The van der Waals surface area contributed by atoms with Crippen molar-refractivity contribution in [2.45, 2.75) is 13.0 Å². The van der Waals surface area contributed by atoms with Crippen molar-refractivity contribution in [1.82, 2.24) is 0 Å². The fourth-order valence-electron chi connectivity index (χ4n) is 1.90. The molecule has 6 heteroatoms. The highest BCUT2D eigenvalue weighted by atomic mass is 19.1. The zero-order chi connectivity index (χ0) is 16.8. The van der Waals surface area contributed by atoms with E-state index in [2.05, 4.69) is 5.32 Å². The van der Waals surface area contributed by atoms with Crippen LogP contribution in [0.5, 0.6) is 11.5 Å². The Hall–Kier alpha value is -2.89. The number of carbonyl (C=O) groups excluding carboxylic acids is 2. The summed E-state index contributed by atoms with van der Waals surface area (Å²) in [5.41, 5.74) is 0.462. The number of aldehydes is 1. The van der Waals surface area contributed by atoms with Gasteiger partial charge in [-0.2, -0.15) is 0 Å². The summed E-state index contributed by atoms with van der Waals surface area (Å²) in [6, 6.07) is 10.5. The van der Waals surface area contributed by atoms with Gasteiger partial charge < -0.3 is 14.8 Å². The van der Waals surface area contributed by atoms with E-state index >= 15 is 0 Å². The quantitative estimate of drug-likeness (QED) is 0.832. The van der Waals surface area contributed by atoms with E-state index in [1.54, 1.807) is 18.2 Å². The molecular formula is C17H16FNO4. The zero-order valence-corrected chi connectivity index (χ0v) is 12.7. The first kappa shape index (κ1) is 16.5. The Kier molecular flexibility index (Phi) is 5.30. The number of hydrogen-bond donors (Lipinski definition) is 1. The molecule has 1 N–H and O–H groups in total. The minimum atomic E-state index is -0.912. The second-order valence-corrected chi connectivity index (χ2v) is 4.76. The van der Waals surface area contributed by atoms with Crippen LogP contribution in [-0.2, 0) is 4.79 Å². The van der Waals surface area contributed by atoms with E-state index < -0.39 is 17.8 Å². The van der Waals surface area contributed by atoms with Crippen molar-refractivity contribution in [1.29, 1.82) is 0 Å². The van der Waals surface area contributed by atoms with Gasteiger partial charge in [0.05, 0.1) is 12.8 Å². The van der Waals surface area contributed by atoms with Gasteiger partial charge in [-0.15, -0.1) is 0 Å². The molecule has 0 heterocycles. The standard InChI is InChI=1S/C17H16FNO4/c1-11(17(21)19-14-6-4-3-5-13(14)18)23-16-9-12(10-20)7-8-15(16)22-2/h3-11H,1-2H3,(H,19,21)/t11-/m1/s1. The summed E-state index contributed by atoms with van der Waals surface area (Å²) in [7, 11) is 1.45. The van der Waals surface area contributed by atoms with E-state index in [0.717, 1.165) is 0 Å². The molecule has 5 nitrogen and oxygen atoms in total. The summed E-state index contributed by atoms with van der Waals surface area (Å²) in [5, 5.41) is 2.45. The lowest BCUT2D eigenvalue weighted by Crippen LogP contribution is -2.30. The molecule has 2 aromatic carbocycles. The fraction of sp³-hybridized carbons (Fsp3) is 0.176. The van der Waals surface area contributed by atoms with Crippen molar-refractivity contribution in [3.8, 4) is 11.5 Å². The minimum Gasteiger partial charge on any atom is -0.493 e. The van der Waals surface area contributed by atoms with Crippen LogP contribution in [0.15, 0.2) is 42.5 Å². The van der Waals surface area contributed by atoms with Crippen molar-refractivity contribution in [3.63, 3.8) is 0 Å². The van der Waals surface area contributed by atoms with Gasteiger partial charge in [0.15, 0.2) is 17.6 Å². The van der Waals surface area contributed by atoms with Gasteiger partial charge in [-0.05, 0) is 37.3 Å². The third-order valence-corrected chi connectivity index (χ3v) is 3.13. The molecule has 0 fully saturated rings. The van der Waals surface area contributed by atoms with Gasteiger partial charge >= 0.3 is 0 Å². The van der Waals surface area contributed by atoms with Crippen LogP contribution in [0, 0.1) is 5.82 Å². The molecule has 0 aliphatic carbocycles. The summed E-state index contributed by atoms with van der Waals surface area (Å²) >= 11 is 0. The number of amides is 1. The number of ether oxygens (including phenoxy) is 2. The van der Waals surface area contributed by atoms with Crippen LogP contribution < -0.4 is 14.8 Å². The van der Waals surface area contributed by atoms with E-state index in [-0.39, 0.29) is 11.4 Å². The minimum absolute atomic E-state index is 0.0709. The van der Waals surface area contributed by atoms with Crippen LogP contribution in [-0.4, -0.2) is 25.4 Å².